The van der Waals surface area contributed by atoms with E-state index < -0.39 is 0 Å². The molecule has 0 spiro atoms. The molecule has 14 heavy (non-hydrogen) atoms. The lowest BCUT2D eigenvalue weighted by Crippen LogP contribution is -2.17. The van der Waals surface area contributed by atoms with Gasteiger partial charge in [-0.1, -0.05) is 18.2 Å². The smallest absolute Gasteiger partial charge is 0.313 e. The van der Waals surface area contributed by atoms with Crippen LogP contribution in [-0.2, 0) is 6.54 Å². The molecule has 1 aromatic heterocycles. The summed E-state index contributed by atoms with van der Waals surface area (Å²) in [5.41, 5.74) is 1.10. The molecule has 0 bridgehead atoms. The molecule has 1 heterocycles. The Bertz CT molecular complexity index is 487. The van der Waals surface area contributed by atoms with Gasteiger partial charge >= 0.3 is 5.69 Å². The van der Waals surface area contributed by atoms with Crippen LogP contribution in [0.15, 0.2) is 41.5 Å². The Labute approximate surface area is 94.9 Å². The third-order valence-electron chi connectivity index (χ3n) is 2.02. The van der Waals surface area contributed by atoms with Crippen molar-refractivity contribution in [2.24, 2.45) is 0 Å². The number of aromatic amines is 1. The van der Waals surface area contributed by atoms with E-state index in [9.17, 15) is 4.79 Å². The van der Waals surface area contributed by atoms with Crippen molar-refractivity contribution in [2.45, 2.75) is 6.54 Å². The topological polar surface area (TPSA) is 37.8 Å². The number of H-pyrrole nitrogens is 1. The summed E-state index contributed by atoms with van der Waals surface area (Å²) in [6.07, 6.45) is 3.41. The first-order chi connectivity index (χ1) is 6.77. The zero-order chi connectivity index (χ0) is 9.97. The molecule has 0 unspecified atom stereocenters. The summed E-state index contributed by atoms with van der Waals surface area (Å²) in [5.74, 6) is 0. The van der Waals surface area contributed by atoms with Gasteiger partial charge in [-0.25, -0.2) is 4.79 Å². The average molecular weight is 300 g/mol. The van der Waals surface area contributed by atoms with Crippen molar-refractivity contribution in [1.29, 1.82) is 0 Å². The maximum absolute atomic E-state index is 11.2. The summed E-state index contributed by atoms with van der Waals surface area (Å²) in [5, 5.41) is 0. The van der Waals surface area contributed by atoms with E-state index >= 15 is 0 Å². The summed E-state index contributed by atoms with van der Waals surface area (Å²) in [7, 11) is 0. The van der Waals surface area contributed by atoms with Crippen molar-refractivity contribution in [3.05, 3.63) is 56.3 Å². The lowest BCUT2D eigenvalue weighted by Gasteiger charge is -2.03. The van der Waals surface area contributed by atoms with Crippen LogP contribution in [0.4, 0.5) is 0 Å². The van der Waals surface area contributed by atoms with Crippen LogP contribution >= 0.6 is 22.6 Å². The Hall–Kier alpha value is -1.04. The normalized spacial score (nSPS) is 10.4. The Morgan fingerprint density at radius 2 is 2.14 bits per heavy atom. The van der Waals surface area contributed by atoms with Crippen LogP contribution in [0.2, 0.25) is 0 Å². The molecule has 1 N–H and O–H groups in total. The molecule has 0 aliphatic heterocycles. The molecule has 0 saturated heterocycles. The lowest BCUT2D eigenvalue weighted by atomic mass is 10.2. The molecule has 1 aromatic carbocycles. The van der Waals surface area contributed by atoms with Gasteiger partial charge in [0.1, 0.15) is 0 Å². The molecule has 0 fully saturated rings. The first kappa shape index (κ1) is 9.51. The van der Waals surface area contributed by atoms with Crippen LogP contribution in [0, 0.1) is 3.57 Å². The first-order valence-electron chi connectivity index (χ1n) is 4.24. The molecule has 0 saturated carbocycles. The number of aromatic nitrogens is 2. The van der Waals surface area contributed by atoms with Gasteiger partial charge in [0.15, 0.2) is 0 Å². The minimum absolute atomic E-state index is 0.0651. The number of nitrogens with zero attached hydrogens (tertiary/aromatic N) is 1. The minimum Gasteiger partial charge on any atom is -0.313 e. The van der Waals surface area contributed by atoms with E-state index in [-0.39, 0.29) is 5.69 Å². The van der Waals surface area contributed by atoms with Crippen molar-refractivity contribution in [1.82, 2.24) is 9.55 Å². The quantitative estimate of drug-likeness (QED) is 0.844. The predicted molar refractivity (Wildman–Crippen MR) is 63.3 cm³/mol. The van der Waals surface area contributed by atoms with E-state index in [4.69, 9.17) is 0 Å². The van der Waals surface area contributed by atoms with Crippen molar-refractivity contribution in [2.75, 3.05) is 0 Å². The van der Waals surface area contributed by atoms with Crippen LogP contribution in [0.3, 0.4) is 0 Å². The monoisotopic (exact) mass is 300 g/mol. The van der Waals surface area contributed by atoms with E-state index in [1.807, 2.05) is 24.3 Å². The Morgan fingerprint density at radius 3 is 2.79 bits per heavy atom. The van der Waals surface area contributed by atoms with E-state index in [0.29, 0.717) is 6.54 Å². The van der Waals surface area contributed by atoms with Crippen molar-refractivity contribution < 1.29 is 0 Å². The number of hydrogen-bond donors (Lipinski definition) is 1. The second kappa shape index (κ2) is 4.00. The Morgan fingerprint density at radius 1 is 1.36 bits per heavy atom. The maximum atomic E-state index is 11.2. The van der Waals surface area contributed by atoms with Crippen LogP contribution in [0.5, 0.6) is 0 Å². The second-order valence-corrected chi connectivity index (χ2v) is 4.15. The van der Waals surface area contributed by atoms with Gasteiger partial charge in [-0.2, -0.15) is 0 Å². The number of imidazole rings is 1. The number of hydrogen-bond acceptors (Lipinski definition) is 1. The highest BCUT2D eigenvalue weighted by molar-refractivity contribution is 14.1. The van der Waals surface area contributed by atoms with E-state index in [2.05, 4.69) is 27.6 Å². The SMILES string of the molecule is O=c1[nH]ccn1Cc1ccccc1I. The standard InChI is InChI=1S/C10H9IN2O/c11-9-4-2-1-3-8(9)7-13-6-5-12-10(13)14/h1-6H,7H2,(H,12,14). The van der Waals surface area contributed by atoms with Crippen LogP contribution in [0.25, 0.3) is 0 Å². The van der Waals surface area contributed by atoms with Gasteiger partial charge in [-0.3, -0.25) is 4.57 Å². The second-order valence-electron chi connectivity index (χ2n) is 2.98. The van der Waals surface area contributed by atoms with Crippen molar-refractivity contribution in [3.63, 3.8) is 0 Å². The fourth-order valence-corrected chi connectivity index (χ4v) is 1.84. The molecule has 2 rings (SSSR count). The summed E-state index contributed by atoms with van der Waals surface area (Å²) in [4.78, 5) is 13.9. The molecule has 0 aliphatic rings. The van der Waals surface area contributed by atoms with Crippen LogP contribution in [0.1, 0.15) is 5.56 Å². The van der Waals surface area contributed by atoms with Crippen LogP contribution < -0.4 is 5.69 Å². The lowest BCUT2D eigenvalue weighted by molar-refractivity contribution is 0.759. The number of halogens is 1. The van der Waals surface area contributed by atoms with E-state index in [1.54, 1.807) is 17.0 Å². The largest absolute Gasteiger partial charge is 0.325 e. The summed E-state index contributed by atoms with van der Waals surface area (Å²) in [6.45, 7) is 0.626. The van der Waals surface area contributed by atoms with Crippen LogP contribution in [-0.4, -0.2) is 9.55 Å². The van der Waals surface area contributed by atoms with Gasteiger partial charge in [0.2, 0.25) is 0 Å². The third-order valence-corrected chi connectivity index (χ3v) is 3.07. The molecule has 72 valence electrons. The molecule has 0 amide bonds. The molecule has 0 atom stereocenters. The average Bonchev–Trinajstić information content (AvgIpc) is 2.56. The van der Waals surface area contributed by atoms with Crippen molar-refractivity contribution in [3.8, 4) is 0 Å². The van der Waals surface area contributed by atoms with E-state index in [0.717, 1.165) is 5.56 Å². The van der Waals surface area contributed by atoms with Gasteiger partial charge in [0.05, 0.1) is 6.54 Å². The summed E-state index contributed by atoms with van der Waals surface area (Å²) in [6, 6.07) is 8.04. The highest BCUT2D eigenvalue weighted by Gasteiger charge is 2.00. The fraction of sp³-hybridized carbons (Fsp3) is 0.100. The number of nitrogens with one attached hydrogen (secondary N) is 1. The number of benzene rings is 1. The van der Waals surface area contributed by atoms with Gasteiger partial charge < -0.3 is 4.98 Å². The minimum atomic E-state index is -0.0651. The number of rotatable bonds is 2. The Kier molecular flexibility index (Phi) is 2.72. The molecular formula is C10H9IN2O. The third kappa shape index (κ3) is 1.89. The molecule has 4 heteroatoms. The van der Waals surface area contributed by atoms with Gasteiger partial charge in [-0.15, -0.1) is 0 Å². The van der Waals surface area contributed by atoms with E-state index in [1.165, 1.54) is 3.57 Å². The zero-order valence-corrected chi connectivity index (χ0v) is 9.56. The molecule has 3 nitrogen and oxygen atoms in total. The fourth-order valence-electron chi connectivity index (χ4n) is 1.28. The summed E-state index contributed by atoms with van der Waals surface area (Å²) < 4.78 is 2.83. The predicted octanol–water partition coefficient (Wildman–Crippen LogP) is 1.83. The molecular weight excluding hydrogens is 291 g/mol. The molecule has 0 radical (unpaired) electrons. The first-order valence-corrected chi connectivity index (χ1v) is 5.32. The van der Waals surface area contributed by atoms with Gasteiger partial charge in [0.25, 0.3) is 0 Å². The van der Waals surface area contributed by atoms with Gasteiger partial charge in [-0.05, 0) is 34.2 Å². The highest BCUT2D eigenvalue weighted by Crippen LogP contribution is 2.11. The zero-order valence-electron chi connectivity index (χ0n) is 7.40. The van der Waals surface area contributed by atoms with Gasteiger partial charge in [0, 0.05) is 16.0 Å². The highest BCUT2D eigenvalue weighted by atomic mass is 127. The van der Waals surface area contributed by atoms with Crippen molar-refractivity contribution >= 4 is 22.6 Å². The Balaban J connectivity index is 2.32. The molecule has 2 aromatic rings. The molecule has 0 aliphatic carbocycles. The maximum Gasteiger partial charge on any atom is 0.325 e. The summed E-state index contributed by atoms with van der Waals surface area (Å²) >= 11 is 2.27.